The highest BCUT2D eigenvalue weighted by Gasteiger charge is 2.16. The van der Waals surface area contributed by atoms with Gasteiger partial charge < -0.3 is 10.2 Å². The lowest BCUT2D eigenvalue weighted by Gasteiger charge is -2.25. The van der Waals surface area contributed by atoms with Gasteiger partial charge in [-0.3, -0.25) is 10.1 Å². The Bertz CT molecular complexity index is 464. The average Bonchev–Trinajstić information content (AvgIpc) is 2.33. The number of nitrogens with one attached hydrogen (secondary N) is 1. The van der Waals surface area contributed by atoms with Crippen molar-refractivity contribution >= 4 is 5.69 Å². The molecule has 5 nitrogen and oxygen atoms in total. The highest BCUT2D eigenvalue weighted by Crippen LogP contribution is 2.18. The summed E-state index contributed by atoms with van der Waals surface area (Å²) in [6, 6.07) is 4.30. The molecule has 1 unspecified atom stereocenters. The van der Waals surface area contributed by atoms with E-state index in [1.54, 1.807) is 6.07 Å². The Morgan fingerprint density at radius 2 is 2.05 bits per heavy atom. The largest absolute Gasteiger partial charge is 0.308 e. The summed E-state index contributed by atoms with van der Waals surface area (Å²) in [4.78, 5) is 11.9. The second-order valence-electron chi connectivity index (χ2n) is 5.54. The number of nitro groups is 1. The van der Waals surface area contributed by atoms with E-state index in [4.69, 9.17) is 0 Å². The monoisotopic (exact) mass is 283 g/mol. The van der Waals surface area contributed by atoms with Gasteiger partial charge in [0.05, 0.1) is 4.92 Å². The number of benzene rings is 1. The van der Waals surface area contributed by atoms with Gasteiger partial charge in [0.25, 0.3) is 0 Å². The van der Waals surface area contributed by atoms with E-state index in [1.807, 2.05) is 14.1 Å². The minimum Gasteiger partial charge on any atom is -0.308 e. The standard InChI is InChI=1S/C14H22FN3O2/c1-10(2)13(9-17(3)4)16-8-11-5-6-14(18(19)20)12(15)7-11/h5-7,10,13,16H,8-9H2,1-4H3. The minimum atomic E-state index is -0.789. The van der Waals surface area contributed by atoms with Crippen LogP contribution in [0.25, 0.3) is 0 Å². The molecule has 1 aromatic rings. The quantitative estimate of drug-likeness (QED) is 0.616. The van der Waals surface area contributed by atoms with Crippen LogP contribution in [0.2, 0.25) is 0 Å². The Kier molecular flexibility index (Phi) is 6.04. The molecule has 1 N–H and O–H groups in total. The smallest absolute Gasteiger partial charge is 0.304 e. The maximum atomic E-state index is 13.5. The maximum absolute atomic E-state index is 13.5. The van der Waals surface area contributed by atoms with Crippen LogP contribution in [0.3, 0.4) is 0 Å². The van der Waals surface area contributed by atoms with Crippen LogP contribution >= 0.6 is 0 Å². The minimum absolute atomic E-state index is 0.281. The Balaban J connectivity index is 2.68. The predicted octanol–water partition coefficient (Wildman–Crippen LogP) is 2.41. The highest BCUT2D eigenvalue weighted by atomic mass is 19.1. The van der Waals surface area contributed by atoms with Crippen molar-refractivity contribution < 1.29 is 9.31 Å². The first-order chi connectivity index (χ1) is 9.31. The van der Waals surface area contributed by atoms with Crippen molar-refractivity contribution in [3.8, 4) is 0 Å². The molecule has 0 aliphatic rings. The van der Waals surface area contributed by atoms with Crippen LogP contribution < -0.4 is 5.32 Å². The third-order valence-corrected chi connectivity index (χ3v) is 3.14. The number of nitrogens with zero attached hydrogens (tertiary/aromatic N) is 2. The molecule has 0 amide bonds. The summed E-state index contributed by atoms with van der Waals surface area (Å²) in [5.41, 5.74) is 0.222. The van der Waals surface area contributed by atoms with Crippen LogP contribution in [0.1, 0.15) is 19.4 Å². The van der Waals surface area contributed by atoms with Gasteiger partial charge in [-0.1, -0.05) is 19.9 Å². The van der Waals surface area contributed by atoms with Gasteiger partial charge in [-0.2, -0.15) is 4.39 Å². The first-order valence-corrected chi connectivity index (χ1v) is 6.62. The van der Waals surface area contributed by atoms with E-state index in [0.717, 1.165) is 6.54 Å². The summed E-state index contributed by atoms with van der Waals surface area (Å²) in [7, 11) is 4.01. The van der Waals surface area contributed by atoms with E-state index in [-0.39, 0.29) is 6.04 Å². The Morgan fingerprint density at radius 1 is 1.40 bits per heavy atom. The molecule has 0 aliphatic carbocycles. The van der Waals surface area contributed by atoms with Gasteiger partial charge in [0, 0.05) is 25.2 Å². The summed E-state index contributed by atoms with van der Waals surface area (Å²) >= 11 is 0. The summed E-state index contributed by atoms with van der Waals surface area (Å²) < 4.78 is 13.5. The molecule has 1 aromatic carbocycles. The third kappa shape index (κ3) is 4.86. The molecule has 0 saturated carbocycles. The number of hydrogen-bond donors (Lipinski definition) is 1. The maximum Gasteiger partial charge on any atom is 0.304 e. The van der Waals surface area contributed by atoms with Crippen LogP contribution in [0, 0.1) is 21.8 Å². The summed E-state index contributed by atoms with van der Waals surface area (Å²) in [5, 5.41) is 13.9. The number of hydrogen-bond acceptors (Lipinski definition) is 4. The molecular weight excluding hydrogens is 261 g/mol. The summed E-state index contributed by atoms with van der Waals surface area (Å²) in [6.45, 7) is 5.62. The summed E-state index contributed by atoms with van der Waals surface area (Å²) in [5.74, 6) is -0.344. The van der Waals surface area contributed by atoms with Crippen molar-refractivity contribution in [1.29, 1.82) is 0 Å². The van der Waals surface area contributed by atoms with E-state index < -0.39 is 16.4 Å². The Morgan fingerprint density at radius 3 is 2.50 bits per heavy atom. The SMILES string of the molecule is CC(C)C(CN(C)C)NCc1ccc([N+](=O)[O-])c(F)c1. The zero-order chi connectivity index (χ0) is 15.3. The van der Waals surface area contributed by atoms with Crippen molar-refractivity contribution in [3.63, 3.8) is 0 Å². The van der Waals surface area contributed by atoms with Gasteiger partial charge in [0.15, 0.2) is 0 Å². The fourth-order valence-electron chi connectivity index (χ4n) is 1.96. The second-order valence-corrected chi connectivity index (χ2v) is 5.54. The summed E-state index contributed by atoms with van der Waals surface area (Å²) in [6.07, 6.45) is 0. The third-order valence-electron chi connectivity index (χ3n) is 3.14. The van der Waals surface area contributed by atoms with E-state index in [9.17, 15) is 14.5 Å². The number of likely N-dealkylation sites (N-methyl/N-ethyl adjacent to an activating group) is 1. The molecular formula is C14H22FN3O2. The second kappa shape index (κ2) is 7.31. The van der Waals surface area contributed by atoms with E-state index >= 15 is 0 Å². The lowest BCUT2D eigenvalue weighted by atomic mass is 10.0. The van der Waals surface area contributed by atoms with Crippen molar-refractivity contribution in [2.24, 2.45) is 5.92 Å². The van der Waals surface area contributed by atoms with Crippen LogP contribution in [-0.4, -0.2) is 36.5 Å². The fraction of sp³-hybridized carbons (Fsp3) is 0.571. The molecule has 1 atom stereocenters. The van der Waals surface area contributed by atoms with Crippen LogP contribution in [0.15, 0.2) is 18.2 Å². The molecule has 0 saturated heterocycles. The Hall–Kier alpha value is -1.53. The van der Waals surface area contributed by atoms with Crippen molar-refractivity contribution in [2.45, 2.75) is 26.4 Å². The molecule has 0 bridgehead atoms. The van der Waals surface area contributed by atoms with Gasteiger partial charge in [-0.05, 0) is 31.6 Å². The first-order valence-electron chi connectivity index (χ1n) is 6.62. The van der Waals surface area contributed by atoms with E-state index in [2.05, 4.69) is 24.1 Å². The number of halogens is 1. The topological polar surface area (TPSA) is 58.4 Å². The molecule has 112 valence electrons. The van der Waals surface area contributed by atoms with Gasteiger partial charge in [0.2, 0.25) is 5.82 Å². The molecule has 6 heteroatoms. The molecule has 1 rings (SSSR count). The molecule has 0 aliphatic heterocycles. The molecule has 0 fully saturated rings. The molecule has 20 heavy (non-hydrogen) atoms. The van der Waals surface area contributed by atoms with Crippen molar-refractivity contribution in [2.75, 3.05) is 20.6 Å². The van der Waals surface area contributed by atoms with Crippen molar-refractivity contribution in [1.82, 2.24) is 10.2 Å². The molecule has 0 heterocycles. The van der Waals surface area contributed by atoms with Gasteiger partial charge >= 0.3 is 5.69 Å². The van der Waals surface area contributed by atoms with Crippen LogP contribution in [0.4, 0.5) is 10.1 Å². The van der Waals surface area contributed by atoms with Crippen LogP contribution in [0.5, 0.6) is 0 Å². The average molecular weight is 283 g/mol. The highest BCUT2D eigenvalue weighted by molar-refractivity contribution is 5.34. The lowest BCUT2D eigenvalue weighted by molar-refractivity contribution is -0.387. The molecule has 0 aromatic heterocycles. The Labute approximate surface area is 118 Å². The molecule has 0 spiro atoms. The predicted molar refractivity (Wildman–Crippen MR) is 77.1 cm³/mol. The number of rotatable bonds is 7. The molecule has 0 radical (unpaired) electrons. The lowest BCUT2D eigenvalue weighted by Crippen LogP contribution is -2.41. The zero-order valence-electron chi connectivity index (χ0n) is 12.4. The van der Waals surface area contributed by atoms with Gasteiger partial charge in [-0.25, -0.2) is 0 Å². The normalized spacial score (nSPS) is 12.9. The fourth-order valence-corrected chi connectivity index (χ4v) is 1.96. The van der Waals surface area contributed by atoms with Gasteiger partial charge in [-0.15, -0.1) is 0 Å². The van der Waals surface area contributed by atoms with Gasteiger partial charge in [0.1, 0.15) is 0 Å². The first kappa shape index (κ1) is 16.5. The van der Waals surface area contributed by atoms with Crippen molar-refractivity contribution in [3.05, 3.63) is 39.7 Å². The van der Waals surface area contributed by atoms with E-state index in [0.29, 0.717) is 18.0 Å². The van der Waals surface area contributed by atoms with Crippen LogP contribution in [-0.2, 0) is 6.54 Å². The van der Waals surface area contributed by atoms with E-state index in [1.165, 1.54) is 12.1 Å². The zero-order valence-corrected chi connectivity index (χ0v) is 12.4. The number of nitro benzene ring substituents is 1.